The van der Waals surface area contributed by atoms with Gasteiger partial charge in [-0.15, -0.1) is 11.8 Å². The van der Waals surface area contributed by atoms with Crippen molar-refractivity contribution in [3.05, 3.63) is 30.1 Å². The summed E-state index contributed by atoms with van der Waals surface area (Å²) < 4.78 is 13.0. The number of rotatable bonds is 8. The maximum absolute atomic E-state index is 13.0. The van der Waals surface area contributed by atoms with Crippen LogP contribution in [-0.4, -0.2) is 29.5 Å². The van der Waals surface area contributed by atoms with Crippen LogP contribution in [0.15, 0.2) is 29.2 Å². The molecule has 0 saturated heterocycles. The SMILES string of the molecule is CCCNC(C)(CO)CCSc1cccc(F)c1. The van der Waals surface area contributed by atoms with E-state index in [1.54, 1.807) is 23.9 Å². The van der Waals surface area contributed by atoms with Gasteiger partial charge < -0.3 is 10.4 Å². The van der Waals surface area contributed by atoms with Crippen molar-refractivity contribution in [2.45, 2.75) is 37.1 Å². The van der Waals surface area contributed by atoms with Crippen molar-refractivity contribution in [3.8, 4) is 0 Å². The van der Waals surface area contributed by atoms with Gasteiger partial charge in [-0.3, -0.25) is 0 Å². The average molecular weight is 271 g/mol. The zero-order valence-corrected chi connectivity index (χ0v) is 11.9. The van der Waals surface area contributed by atoms with Gasteiger partial charge in [-0.25, -0.2) is 4.39 Å². The molecule has 102 valence electrons. The second-order valence-electron chi connectivity index (χ2n) is 4.70. The molecule has 0 aromatic heterocycles. The third-order valence-corrected chi connectivity index (χ3v) is 3.86. The van der Waals surface area contributed by atoms with Gasteiger partial charge in [-0.1, -0.05) is 13.0 Å². The van der Waals surface area contributed by atoms with E-state index >= 15 is 0 Å². The molecule has 0 radical (unpaired) electrons. The number of aliphatic hydroxyl groups excluding tert-OH is 1. The second kappa shape index (κ2) is 7.77. The number of nitrogens with one attached hydrogen (secondary N) is 1. The molecule has 0 aliphatic heterocycles. The lowest BCUT2D eigenvalue weighted by Crippen LogP contribution is -2.46. The van der Waals surface area contributed by atoms with Gasteiger partial charge in [0.25, 0.3) is 0 Å². The fourth-order valence-corrected chi connectivity index (χ4v) is 2.76. The molecule has 0 bridgehead atoms. The van der Waals surface area contributed by atoms with Gasteiger partial charge in [-0.2, -0.15) is 0 Å². The molecule has 1 rings (SSSR count). The molecule has 0 fully saturated rings. The van der Waals surface area contributed by atoms with E-state index in [-0.39, 0.29) is 18.0 Å². The van der Waals surface area contributed by atoms with E-state index in [9.17, 15) is 9.50 Å². The van der Waals surface area contributed by atoms with Gasteiger partial charge in [-0.05, 0) is 50.3 Å². The Morgan fingerprint density at radius 3 is 2.83 bits per heavy atom. The average Bonchev–Trinajstić information content (AvgIpc) is 2.36. The molecule has 0 amide bonds. The summed E-state index contributed by atoms with van der Waals surface area (Å²) in [6, 6.07) is 6.62. The lowest BCUT2D eigenvalue weighted by molar-refractivity contribution is 0.171. The van der Waals surface area contributed by atoms with E-state index in [1.807, 2.05) is 13.0 Å². The second-order valence-corrected chi connectivity index (χ2v) is 5.87. The number of hydrogen-bond acceptors (Lipinski definition) is 3. The van der Waals surface area contributed by atoms with Crippen molar-refractivity contribution in [1.82, 2.24) is 5.32 Å². The number of benzene rings is 1. The smallest absolute Gasteiger partial charge is 0.124 e. The minimum absolute atomic E-state index is 0.122. The molecule has 1 aromatic carbocycles. The van der Waals surface area contributed by atoms with Crippen LogP contribution in [0.25, 0.3) is 0 Å². The summed E-state index contributed by atoms with van der Waals surface area (Å²) in [7, 11) is 0. The molecule has 4 heteroatoms. The highest BCUT2D eigenvalue weighted by Crippen LogP contribution is 2.22. The summed E-state index contributed by atoms with van der Waals surface area (Å²) in [5.74, 6) is 0.658. The van der Waals surface area contributed by atoms with E-state index in [1.165, 1.54) is 6.07 Å². The summed E-state index contributed by atoms with van der Waals surface area (Å²) in [5.41, 5.74) is -0.240. The summed E-state index contributed by atoms with van der Waals surface area (Å²) in [4.78, 5) is 0.936. The summed E-state index contributed by atoms with van der Waals surface area (Å²) >= 11 is 1.62. The highest BCUT2D eigenvalue weighted by Gasteiger charge is 2.21. The van der Waals surface area contributed by atoms with Crippen molar-refractivity contribution >= 4 is 11.8 Å². The minimum Gasteiger partial charge on any atom is -0.394 e. The van der Waals surface area contributed by atoms with Gasteiger partial charge in [0.2, 0.25) is 0 Å². The predicted octanol–water partition coefficient (Wildman–Crippen LogP) is 3.06. The Bertz CT molecular complexity index is 361. The molecule has 0 heterocycles. The van der Waals surface area contributed by atoms with Gasteiger partial charge in [0.1, 0.15) is 5.82 Å². The number of aliphatic hydroxyl groups is 1. The molecule has 1 atom stereocenters. The number of hydrogen-bond donors (Lipinski definition) is 2. The summed E-state index contributed by atoms with van der Waals surface area (Å²) in [6.07, 6.45) is 1.90. The first-order valence-electron chi connectivity index (χ1n) is 6.34. The first kappa shape index (κ1) is 15.5. The predicted molar refractivity (Wildman–Crippen MR) is 75.5 cm³/mol. The van der Waals surface area contributed by atoms with Crippen LogP contribution < -0.4 is 5.32 Å². The number of thioether (sulfide) groups is 1. The van der Waals surface area contributed by atoms with Gasteiger partial charge in [0.15, 0.2) is 0 Å². The van der Waals surface area contributed by atoms with Crippen molar-refractivity contribution in [2.24, 2.45) is 0 Å². The van der Waals surface area contributed by atoms with E-state index in [4.69, 9.17) is 0 Å². The molecule has 0 aliphatic rings. The van der Waals surface area contributed by atoms with Gasteiger partial charge in [0.05, 0.1) is 6.61 Å². The van der Waals surface area contributed by atoms with E-state index < -0.39 is 0 Å². The largest absolute Gasteiger partial charge is 0.394 e. The van der Waals surface area contributed by atoms with Crippen LogP contribution in [-0.2, 0) is 0 Å². The summed E-state index contributed by atoms with van der Waals surface area (Å²) in [6.45, 7) is 5.15. The standard InChI is InChI=1S/C14H22FNOS/c1-3-8-16-14(2,11-17)7-9-18-13-6-4-5-12(15)10-13/h4-6,10,16-17H,3,7-9,11H2,1-2H3. The van der Waals surface area contributed by atoms with Gasteiger partial charge >= 0.3 is 0 Å². The summed E-state index contributed by atoms with van der Waals surface area (Å²) in [5, 5.41) is 12.8. The lowest BCUT2D eigenvalue weighted by atomic mass is 10.0. The fourth-order valence-electron chi connectivity index (χ4n) is 1.60. The maximum Gasteiger partial charge on any atom is 0.124 e. The topological polar surface area (TPSA) is 32.3 Å². The first-order valence-corrected chi connectivity index (χ1v) is 7.32. The maximum atomic E-state index is 13.0. The normalized spacial score (nSPS) is 14.4. The van der Waals surface area contributed by atoms with Crippen molar-refractivity contribution < 1.29 is 9.50 Å². The van der Waals surface area contributed by atoms with E-state index in [2.05, 4.69) is 12.2 Å². The highest BCUT2D eigenvalue weighted by atomic mass is 32.2. The molecule has 2 nitrogen and oxygen atoms in total. The Morgan fingerprint density at radius 2 is 2.22 bits per heavy atom. The van der Waals surface area contributed by atoms with Crippen molar-refractivity contribution in [3.63, 3.8) is 0 Å². The van der Waals surface area contributed by atoms with Crippen LogP contribution in [0.3, 0.4) is 0 Å². The third-order valence-electron chi connectivity index (χ3n) is 2.87. The van der Waals surface area contributed by atoms with Crippen molar-refractivity contribution in [2.75, 3.05) is 18.9 Å². The number of halogens is 1. The van der Waals surface area contributed by atoms with Crippen LogP contribution in [0.4, 0.5) is 4.39 Å². The quantitative estimate of drug-likeness (QED) is 0.713. The molecule has 18 heavy (non-hydrogen) atoms. The Labute approximate surface area is 113 Å². The van der Waals surface area contributed by atoms with E-state index in [0.717, 1.165) is 30.0 Å². The van der Waals surface area contributed by atoms with Gasteiger partial charge in [0, 0.05) is 10.4 Å². The molecule has 0 aliphatic carbocycles. The van der Waals surface area contributed by atoms with Crippen LogP contribution in [0.5, 0.6) is 0 Å². The molecule has 1 aromatic rings. The molecular formula is C14H22FNOS. The third kappa shape index (κ3) is 5.38. The molecule has 0 spiro atoms. The van der Waals surface area contributed by atoms with Crippen LogP contribution in [0.1, 0.15) is 26.7 Å². The Kier molecular flexibility index (Phi) is 6.68. The Balaban J connectivity index is 2.39. The van der Waals surface area contributed by atoms with Crippen molar-refractivity contribution in [1.29, 1.82) is 0 Å². The van der Waals surface area contributed by atoms with E-state index in [0.29, 0.717) is 0 Å². The monoisotopic (exact) mass is 271 g/mol. The lowest BCUT2D eigenvalue weighted by Gasteiger charge is -2.28. The Morgan fingerprint density at radius 1 is 1.44 bits per heavy atom. The Hall–Kier alpha value is -0.580. The fraction of sp³-hybridized carbons (Fsp3) is 0.571. The van der Waals surface area contributed by atoms with Crippen LogP contribution in [0.2, 0.25) is 0 Å². The molecule has 0 saturated carbocycles. The van der Waals surface area contributed by atoms with Crippen LogP contribution >= 0.6 is 11.8 Å². The highest BCUT2D eigenvalue weighted by molar-refractivity contribution is 7.99. The van der Waals surface area contributed by atoms with Crippen LogP contribution in [0, 0.1) is 5.82 Å². The zero-order valence-electron chi connectivity index (χ0n) is 11.1. The molecule has 1 unspecified atom stereocenters. The first-order chi connectivity index (χ1) is 8.59. The molecule has 2 N–H and O–H groups in total. The zero-order chi connectivity index (χ0) is 13.4. The molecular weight excluding hydrogens is 249 g/mol. The minimum atomic E-state index is -0.240.